The third-order valence-electron chi connectivity index (χ3n) is 3.44. The molecule has 0 spiro atoms. The molecule has 0 unspecified atom stereocenters. The number of carboxylic acids is 1. The number of benzene rings is 1. The first-order chi connectivity index (χ1) is 7.75. The smallest absolute Gasteiger partial charge is 0.335 e. The summed E-state index contributed by atoms with van der Waals surface area (Å²) < 4.78 is 2.21. The summed E-state index contributed by atoms with van der Waals surface area (Å²) in [6.07, 6.45) is 5.77. The van der Waals surface area contributed by atoms with Crippen molar-refractivity contribution in [2.24, 2.45) is 0 Å². The third-order valence-corrected chi connectivity index (χ3v) is 3.44. The van der Waals surface area contributed by atoms with Crippen LogP contribution in [-0.2, 0) is 0 Å². The fourth-order valence-corrected chi connectivity index (χ4v) is 2.27. The normalized spacial score (nSPS) is 16.2. The molecular formula is C13H13NO2. The monoisotopic (exact) mass is 215 g/mol. The summed E-state index contributed by atoms with van der Waals surface area (Å²) in [5.74, 6) is -0.858. The summed E-state index contributed by atoms with van der Waals surface area (Å²) in [7, 11) is 0. The number of carbonyl (C=O) groups is 1. The maximum absolute atomic E-state index is 10.9. The fraction of sp³-hybridized carbons (Fsp3) is 0.308. The van der Waals surface area contributed by atoms with Gasteiger partial charge in [0.15, 0.2) is 0 Å². The zero-order valence-electron chi connectivity index (χ0n) is 8.89. The zero-order valence-corrected chi connectivity index (χ0v) is 8.89. The molecule has 1 aliphatic rings. The highest BCUT2D eigenvalue weighted by Crippen LogP contribution is 2.34. The molecule has 1 aromatic carbocycles. The molecule has 1 saturated carbocycles. The van der Waals surface area contributed by atoms with E-state index in [0.29, 0.717) is 11.6 Å². The Bertz CT molecular complexity index is 552. The van der Waals surface area contributed by atoms with Crippen molar-refractivity contribution in [3.63, 3.8) is 0 Å². The third kappa shape index (κ3) is 1.32. The van der Waals surface area contributed by atoms with Crippen LogP contribution in [0.2, 0.25) is 0 Å². The molecule has 3 heteroatoms. The van der Waals surface area contributed by atoms with Crippen molar-refractivity contribution in [1.82, 2.24) is 4.57 Å². The Balaban J connectivity index is 2.15. The molecule has 0 amide bonds. The number of rotatable bonds is 2. The van der Waals surface area contributed by atoms with Crippen LogP contribution in [0.5, 0.6) is 0 Å². The van der Waals surface area contributed by atoms with Gasteiger partial charge in [0, 0.05) is 17.8 Å². The van der Waals surface area contributed by atoms with Gasteiger partial charge >= 0.3 is 5.97 Å². The molecule has 1 aliphatic carbocycles. The van der Waals surface area contributed by atoms with Crippen LogP contribution < -0.4 is 0 Å². The highest BCUT2D eigenvalue weighted by Gasteiger charge is 2.20. The minimum Gasteiger partial charge on any atom is -0.478 e. The van der Waals surface area contributed by atoms with E-state index < -0.39 is 5.97 Å². The maximum atomic E-state index is 10.9. The van der Waals surface area contributed by atoms with Gasteiger partial charge in [0.05, 0.1) is 5.56 Å². The molecule has 0 atom stereocenters. The first-order valence-corrected chi connectivity index (χ1v) is 5.59. The van der Waals surface area contributed by atoms with E-state index in [-0.39, 0.29) is 0 Å². The SMILES string of the molecule is O=C(O)c1ccc2ccn(C3CCC3)c2c1. The minimum atomic E-state index is -0.858. The van der Waals surface area contributed by atoms with E-state index in [9.17, 15) is 4.79 Å². The lowest BCUT2D eigenvalue weighted by molar-refractivity contribution is 0.0697. The molecule has 3 rings (SSSR count). The van der Waals surface area contributed by atoms with E-state index in [0.717, 1.165) is 10.9 Å². The van der Waals surface area contributed by atoms with E-state index in [4.69, 9.17) is 5.11 Å². The molecule has 16 heavy (non-hydrogen) atoms. The van der Waals surface area contributed by atoms with Gasteiger partial charge < -0.3 is 9.67 Å². The summed E-state index contributed by atoms with van der Waals surface area (Å²) in [6.45, 7) is 0. The van der Waals surface area contributed by atoms with Gasteiger partial charge in [0.2, 0.25) is 0 Å². The Morgan fingerprint density at radius 1 is 1.31 bits per heavy atom. The summed E-state index contributed by atoms with van der Waals surface area (Å²) in [6, 6.07) is 7.94. The lowest BCUT2D eigenvalue weighted by Gasteiger charge is -2.28. The number of carboxylic acid groups (broad SMARTS) is 1. The summed E-state index contributed by atoms with van der Waals surface area (Å²) in [5.41, 5.74) is 1.41. The zero-order chi connectivity index (χ0) is 11.1. The second kappa shape index (κ2) is 3.37. The molecule has 2 aromatic rings. The average molecular weight is 215 g/mol. The van der Waals surface area contributed by atoms with Crippen molar-refractivity contribution < 1.29 is 9.90 Å². The number of hydrogen-bond donors (Lipinski definition) is 1. The number of aromatic carboxylic acids is 1. The molecule has 1 N–H and O–H groups in total. The second-order valence-corrected chi connectivity index (χ2v) is 4.39. The van der Waals surface area contributed by atoms with Crippen molar-refractivity contribution in [2.75, 3.05) is 0 Å². The van der Waals surface area contributed by atoms with E-state index in [1.807, 2.05) is 6.07 Å². The van der Waals surface area contributed by atoms with Gasteiger partial charge in [-0.25, -0.2) is 4.79 Å². The van der Waals surface area contributed by atoms with E-state index >= 15 is 0 Å². The van der Waals surface area contributed by atoms with E-state index in [1.54, 1.807) is 12.1 Å². The summed E-state index contributed by atoms with van der Waals surface area (Å²) in [4.78, 5) is 10.9. The molecule has 0 radical (unpaired) electrons. The topological polar surface area (TPSA) is 42.2 Å². The molecule has 0 aliphatic heterocycles. The number of hydrogen-bond acceptors (Lipinski definition) is 1. The highest BCUT2D eigenvalue weighted by molar-refractivity contribution is 5.93. The van der Waals surface area contributed by atoms with Crippen LogP contribution in [0.15, 0.2) is 30.5 Å². The van der Waals surface area contributed by atoms with Crippen LogP contribution in [0.3, 0.4) is 0 Å². The van der Waals surface area contributed by atoms with Crippen LogP contribution in [0.25, 0.3) is 10.9 Å². The van der Waals surface area contributed by atoms with Crippen LogP contribution in [0, 0.1) is 0 Å². The van der Waals surface area contributed by atoms with Crippen molar-refractivity contribution >= 4 is 16.9 Å². The number of nitrogens with zero attached hydrogens (tertiary/aromatic N) is 1. The van der Waals surface area contributed by atoms with Gasteiger partial charge in [-0.15, -0.1) is 0 Å². The second-order valence-electron chi connectivity index (χ2n) is 4.39. The van der Waals surface area contributed by atoms with Crippen molar-refractivity contribution in [1.29, 1.82) is 0 Å². The molecule has 1 heterocycles. The average Bonchev–Trinajstić information content (AvgIpc) is 2.59. The van der Waals surface area contributed by atoms with Crippen LogP contribution in [0.4, 0.5) is 0 Å². The van der Waals surface area contributed by atoms with E-state index in [2.05, 4.69) is 16.8 Å². The summed E-state index contributed by atoms with van der Waals surface area (Å²) in [5, 5.41) is 10.1. The largest absolute Gasteiger partial charge is 0.478 e. The van der Waals surface area contributed by atoms with Crippen LogP contribution in [0.1, 0.15) is 35.7 Å². The molecule has 0 saturated heterocycles. The maximum Gasteiger partial charge on any atom is 0.335 e. The Hall–Kier alpha value is -1.77. The summed E-state index contributed by atoms with van der Waals surface area (Å²) >= 11 is 0. The van der Waals surface area contributed by atoms with E-state index in [1.165, 1.54) is 19.3 Å². The van der Waals surface area contributed by atoms with Gasteiger partial charge in [-0.3, -0.25) is 0 Å². The van der Waals surface area contributed by atoms with Crippen molar-refractivity contribution in [3.05, 3.63) is 36.0 Å². The van der Waals surface area contributed by atoms with Crippen LogP contribution in [-0.4, -0.2) is 15.6 Å². The van der Waals surface area contributed by atoms with Gasteiger partial charge in [0.1, 0.15) is 0 Å². The molecule has 1 aromatic heterocycles. The molecule has 0 bridgehead atoms. The molecular weight excluding hydrogens is 202 g/mol. The van der Waals surface area contributed by atoms with Crippen LogP contribution >= 0.6 is 0 Å². The molecule has 1 fully saturated rings. The predicted octanol–water partition coefficient (Wildman–Crippen LogP) is 3.06. The Morgan fingerprint density at radius 3 is 2.75 bits per heavy atom. The van der Waals surface area contributed by atoms with Gasteiger partial charge in [0.25, 0.3) is 0 Å². The van der Waals surface area contributed by atoms with Gasteiger partial charge in [-0.2, -0.15) is 0 Å². The van der Waals surface area contributed by atoms with Crippen molar-refractivity contribution in [3.8, 4) is 0 Å². The Morgan fingerprint density at radius 2 is 2.12 bits per heavy atom. The first-order valence-electron chi connectivity index (χ1n) is 5.59. The number of fused-ring (bicyclic) bond motifs is 1. The quantitative estimate of drug-likeness (QED) is 0.836. The van der Waals surface area contributed by atoms with Gasteiger partial charge in [-0.05, 0) is 42.8 Å². The lowest BCUT2D eigenvalue weighted by Crippen LogP contribution is -2.15. The lowest BCUT2D eigenvalue weighted by atomic mass is 9.93. The number of aromatic nitrogens is 1. The molecule has 82 valence electrons. The standard InChI is InChI=1S/C13H13NO2/c15-13(16)10-5-4-9-6-7-14(12(9)8-10)11-2-1-3-11/h4-8,11H,1-3H2,(H,15,16). The first kappa shape index (κ1) is 9.46. The highest BCUT2D eigenvalue weighted by atomic mass is 16.4. The minimum absolute atomic E-state index is 0.367. The predicted molar refractivity (Wildman–Crippen MR) is 61.8 cm³/mol. The molecule has 3 nitrogen and oxygen atoms in total. The Kier molecular flexibility index (Phi) is 1.99. The fourth-order valence-electron chi connectivity index (χ4n) is 2.27. The van der Waals surface area contributed by atoms with Gasteiger partial charge in [-0.1, -0.05) is 6.07 Å². The van der Waals surface area contributed by atoms with Crippen molar-refractivity contribution in [2.45, 2.75) is 25.3 Å². The Labute approximate surface area is 93.3 Å².